The van der Waals surface area contributed by atoms with Crippen LogP contribution in [0.15, 0.2) is 48.8 Å². The molecular formula is C24H29N3O3. The molecule has 0 amide bonds. The highest BCUT2D eigenvalue weighted by molar-refractivity contribution is 5.97. The van der Waals surface area contributed by atoms with Crippen molar-refractivity contribution in [2.75, 3.05) is 39.5 Å². The van der Waals surface area contributed by atoms with Crippen LogP contribution < -0.4 is 4.74 Å². The average Bonchev–Trinajstić information content (AvgIpc) is 3.55. The average molecular weight is 408 g/mol. The third-order valence-corrected chi connectivity index (χ3v) is 5.90. The molecule has 1 aliphatic heterocycles. The molecular weight excluding hydrogens is 378 g/mol. The van der Waals surface area contributed by atoms with Gasteiger partial charge in [-0.3, -0.25) is 9.58 Å². The van der Waals surface area contributed by atoms with Crippen LogP contribution in [0.2, 0.25) is 0 Å². The Morgan fingerprint density at radius 2 is 2.07 bits per heavy atom. The number of hydrogen-bond donors (Lipinski definition) is 1. The van der Waals surface area contributed by atoms with Crippen molar-refractivity contribution in [1.82, 2.24) is 14.7 Å². The van der Waals surface area contributed by atoms with Gasteiger partial charge in [0.2, 0.25) is 0 Å². The monoisotopic (exact) mass is 407 g/mol. The molecule has 0 radical (unpaired) electrons. The molecule has 0 spiro atoms. The van der Waals surface area contributed by atoms with Crippen molar-refractivity contribution in [3.63, 3.8) is 0 Å². The predicted octanol–water partition coefficient (Wildman–Crippen LogP) is 3.50. The number of hydrogen-bond acceptors (Lipinski definition) is 5. The minimum Gasteiger partial charge on any atom is -0.491 e. The van der Waals surface area contributed by atoms with E-state index in [1.54, 1.807) is 0 Å². The summed E-state index contributed by atoms with van der Waals surface area (Å²) in [4.78, 5) is 2.25. The molecule has 1 saturated carbocycles. The highest BCUT2D eigenvalue weighted by Gasteiger charge is 2.24. The minimum absolute atomic E-state index is 0.274. The summed E-state index contributed by atoms with van der Waals surface area (Å²) in [6, 6.07) is 13.0. The molecule has 5 rings (SSSR count). The fourth-order valence-corrected chi connectivity index (χ4v) is 4.14. The molecule has 2 aromatic carbocycles. The molecule has 6 nitrogen and oxygen atoms in total. The number of aliphatic hydroxyl groups is 1. The Kier molecular flexibility index (Phi) is 5.71. The van der Waals surface area contributed by atoms with Gasteiger partial charge in [-0.25, -0.2) is 0 Å². The van der Waals surface area contributed by atoms with E-state index in [0.717, 1.165) is 55.0 Å². The number of aromatic nitrogens is 2. The van der Waals surface area contributed by atoms with Crippen LogP contribution in [0.4, 0.5) is 0 Å². The van der Waals surface area contributed by atoms with Crippen molar-refractivity contribution < 1.29 is 14.6 Å². The number of rotatable bonds is 7. The summed E-state index contributed by atoms with van der Waals surface area (Å²) in [7, 11) is 0. The van der Waals surface area contributed by atoms with Crippen LogP contribution in [0.3, 0.4) is 0 Å². The van der Waals surface area contributed by atoms with Gasteiger partial charge in [-0.15, -0.1) is 0 Å². The first-order valence-corrected chi connectivity index (χ1v) is 10.9. The Balaban J connectivity index is 1.32. The third-order valence-electron chi connectivity index (χ3n) is 5.90. The van der Waals surface area contributed by atoms with E-state index < -0.39 is 6.10 Å². The maximum absolute atomic E-state index is 10.5. The minimum atomic E-state index is -0.532. The quantitative estimate of drug-likeness (QED) is 0.650. The Labute approximate surface area is 177 Å². The molecule has 2 heterocycles. The van der Waals surface area contributed by atoms with Gasteiger partial charge in [-0.05, 0) is 47.7 Å². The number of ether oxygens (including phenoxy) is 2. The first-order chi connectivity index (χ1) is 14.8. The van der Waals surface area contributed by atoms with E-state index in [9.17, 15) is 5.11 Å². The zero-order valence-electron chi connectivity index (χ0n) is 17.2. The summed E-state index contributed by atoms with van der Waals surface area (Å²) in [5.41, 5.74) is 2.22. The van der Waals surface area contributed by atoms with E-state index in [1.807, 2.05) is 12.3 Å². The normalized spacial score (nSPS) is 19.0. The van der Waals surface area contributed by atoms with Crippen LogP contribution >= 0.6 is 0 Å². The summed E-state index contributed by atoms with van der Waals surface area (Å²) >= 11 is 0. The van der Waals surface area contributed by atoms with E-state index in [1.165, 1.54) is 18.2 Å². The Morgan fingerprint density at radius 3 is 2.97 bits per heavy atom. The Morgan fingerprint density at radius 1 is 1.17 bits per heavy atom. The fourth-order valence-electron chi connectivity index (χ4n) is 4.14. The summed E-state index contributed by atoms with van der Waals surface area (Å²) < 4.78 is 13.6. The van der Waals surface area contributed by atoms with Gasteiger partial charge in [0, 0.05) is 38.0 Å². The van der Waals surface area contributed by atoms with Crippen molar-refractivity contribution in [3.05, 3.63) is 48.8 Å². The van der Waals surface area contributed by atoms with Gasteiger partial charge >= 0.3 is 0 Å². The molecule has 1 N–H and O–H groups in total. The van der Waals surface area contributed by atoms with Gasteiger partial charge in [-0.1, -0.05) is 24.3 Å². The second-order valence-corrected chi connectivity index (χ2v) is 8.36. The summed E-state index contributed by atoms with van der Waals surface area (Å²) in [6.45, 7) is 4.25. The van der Waals surface area contributed by atoms with Crippen molar-refractivity contribution in [2.24, 2.45) is 0 Å². The SMILES string of the molecule is OC(COc1cc(-c2cnn(C3CC3)c2)c2ccccc2c1)CN1CCCOCC1. The number of β-amino-alcohol motifs (C(OH)–C–C–N with tert-alkyl or cyclic N) is 1. The van der Waals surface area contributed by atoms with Gasteiger partial charge in [0.05, 0.1) is 18.8 Å². The van der Waals surface area contributed by atoms with E-state index in [4.69, 9.17) is 9.47 Å². The van der Waals surface area contributed by atoms with Gasteiger partial charge in [0.25, 0.3) is 0 Å². The predicted molar refractivity (Wildman–Crippen MR) is 117 cm³/mol. The van der Waals surface area contributed by atoms with Crippen LogP contribution in [-0.2, 0) is 4.74 Å². The topological polar surface area (TPSA) is 59.8 Å². The van der Waals surface area contributed by atoms with Crippen molar-refractivity contribution in [2.45, 2.75) is 31.4 Å². The molecule has 6 heteroatoms. The molecule has 2 fully saturated rings. The molecule has 1 atom stereocenters. The summed E-state index contributed by atoms with van der Waals surface area (Å²) in [6.07, 6.45) is 6.99. The van der Waals surface area contributed by atoms with Crippen LogP contribution in [0.5, 0.6) is 5.75 Å². The molecule has 0 bridgehead atoms. The van der Waals surface area contributed by atoms with E-state index in [0.29, 0.717) is 12.6 Å². The molecule has 1 aliphatic carbocycles. The van der Waals surface area contributed by atoms with Crippen LogP contribution in [-0.4, -0.2) is 65.3 Å². The first kappa shape index (κ1) is 19.5. The molecule has 2 aliphatic rings. The van der Waals surface area contributed by atoms with Crippen LogP contribution in [0, 0.1) is 0 Å². The molecule has 1 saturated heterocycles. The Hall–Kier alpha value is -2.41. The lowest BCUT2D eigenvalue weighted by molar-refractivity contribution is 0.0659. The molecule has 158 valence electrons. The molecule has 1 aromatic heterocycles. The lowest BCUT2D eigenvalue weighted by Crippen LogP contribution is -2.37. The van der Waals surface area contributed by atoms with Gasteiger partial charge in [0.1, 0.15) is 18.5 Å². The molecule has 3 aromatic rings. The lowest BCUT2D eigenvalue weighted by Gasteiger charge is -2.22. The van der Waals surface area contributed by atoms with E-state index in [-0.39, 0.29) is 6.61 Å². The van der Waals surface area contributed by atoms with Gasteiger partial charge in [-0.2, -0.15) is 5.10 Å². The first-order valence-electron chi connectivity index (χ1n) is 10.9. The van der Waals surface area contributed by atoms with Crippen LogP contribution in [0.25, 0.3) is 21.9 Å². The maximum atomic E-state index is 10.5. The zero-order valence-corrected chi connectivity index (χ0v) is 17.2. The zero-order chi connectivity index (χ0) is 20.3. The lowest BCUT2D eigenvalue weighted by atomic mass is 10.00. The smallest absolute Gasteiger partial charge is 0.120 e. The second kappa shape index (κ2) is 8.76. The van der Waals surface area contributed by atoms with Crippen molar-refractivity contribution in [1.29, 1.82) is 0 Å². The standard InChI is InChI=1S/C24H29N3O3/c28-21(16-26-8-3-10-29-11-9-26)17-30-22-12-18-4-1-2-5-23(18)24(13-22)19-14-25-27(15-19)20-6-7-20/h1-2,4-5,12-15,20-21,28H,3,6-11,16-17H2. The maximum Gasteiger partial charge on any atom is 0.120 e. The number of fused-ring (bicyclic) bond motifs is 1. The van der Waals surface area contributed by atoms with Crippen LogP contribution in [0.1, 0.15) is 25.3 Å². The summed E-state index contributed by atoms with van der Waals surface area (Å²) in [5.74, 6) is 0.779. The largest absolute Gasteiger partial charge is 0.491 e. The highest BCUT2D eigenvalue weighted by atomic mass is 16.5. The van der Waals surface area contributed by atoms with Crippen molar-refractivity contribution >= 4 is 10.8 Å². The second-order valence-electron chi connectivity index (χ2n) is 8.36. The van der Waals surface area contributed by atoms with Gasteiger partial charge in [0.15, 0.2) is 0 Å². The van der Waals surface area contributed by atoms with Crippen molar-refractivity contribution in [3.8, 4) is 16.9 Å². The fraction of sp³-hybridized carbons (Fsp3) is 0.458. The number of nitrogens with zero attached hydrogens (tertiary/aromatic N) is 3. The van der Waals surface area contributed by atoms with E-state index in [2.05, 4.69) is 51.2 Å². The molecule has 30 heavy (non-hydrogen) atoms. The highest BCUT2D eigenvalue weighted by Crippen LogP contribution is 2.37. The summed E-state index contributed by atoms with van der Waals surface area (Å²) in [5, 5.41) is 17.4. The van der Waals surface area contributed by atoms with E-state index >= 15 is 0 Å². The molecule has 1 unspecified atom stereocenters. The Bertz CT molecular complexity index is 990. The van der Waals surface area contributed by atoms with Gasteiger partial charge < -0.3 is 14.6 Å². The number of benzene rings is 2. The third kappa shape index (κ3) is 4.51. The number of aliphatic hydroxyl groups excluding tert-OH is 1.